The Morgan fingerprint density at radius 3 is 2.23 bits per heavy atom. The summed E-state index contributed by atoms with van der Waals surface area (Å²) in [6.07, 6.45) is 1.03. The molecule has 0 amide bonds. The standard InChI is InChI=1S/C11H20N2/c1-6-10-12-11(8(3)4)9(5)13(10)7-2/h8H,6-7H2,1-5H3. The van der Waals surface area contributed by atoms with Crippen molar-refractivity contribution in [3.05, 3.63) is 17.2 Å². The van der Waals surface area contributed by atoms with Crippen LogP contribution >= 0.6 is 0 Å². The van der Waals surface area contributed by atoms with E-state index in [0.717, 1.165) is 13.0 Å². The highest BCUT2D eigenvalue weighted by atomic mass is 15.1. The Labute approximate surface area is 81.0 Å². The van der Waals surface area contributed by atoms with E-state index in [1.807, 2.05) is 0 Å². The van der Waals surface area contributed by atoms with Crippen LogP contribution in [-0.4, -0.2) is 9.55 Å². The lowest BCUT2D eigenvalue weighted by molar-refractivity contribution is 0.685. The molecule has 0 aliphatic heterocycles. The van der Waals surface area contributed by atoms with Gasteiger partial charge in [-0.2, -0.15) is 0 Å². The summed E-state index contributed by atoms with van der Waals surface area (Å²) in [6.45, 7) is 12.0. The van der Waals surface area contributed by atoms with Gasteiger partial charge < -0.3 is 4.57 Å². The number of nitrogens with zero attached hydrogens (tertiary/aromatic N) is 2. The molecule has 0 saturated heterocycles. The molecule has 2 heteroatoms. The average molecular weight is 180 g/mol. The highest BCUT2D eigenvalue weighted by Crippen LogP contribution is 2.19. The minimum absolute atomic E-state index is 0.540. The van der Waals surface area contributed by atoms with E-state index in [1.165, 1.54) is 17.2 Å². The van der Waals surface area contributed by atoms with Crippen molar-refractivity contribution in [3.63, 3.8) is 0 Å². The maximum Gasteiger partial charge on any atom is 0.108 e. The maximum absolute atomic E-state index is 4.66. The Bertz CT molecular complexity index is 285. The van der Waals surface area contributed by atoms with Gasteiger partial charge in [0.25, 0.3) is 0 Å². The lowest BCUT2D eigenvalue weighted by Gasteiger charge is -2.05. The van der Waals surface area contributed by atoms with Gasteiger partial charge >= 0.3 is 0 Å². The van der Waals surface area contributed by atoms with Crippen molar-refractivity contribution in [1.29, 1.82) is 0 Å². The maximum atomic E-state index is 4.66. The summed E-state index contributed by atoms with van der Waals surface area (Å²) < 4.78 is 2.31. The molecular formula is C11H20N2. The van der Waals surface area contributed by atoms with Gasteiger partial charge in [-0.1, -0.05) is 20.8 Å². The van der Waals surface area contributed by atoms with E-state index in [0.29, 0.717) is 5.92 Å². The van der Waals surface area contributed by atoms with Crippen LogP contribution in [0.2, 0.25) is 0 Å². The molecule has 0 aromatic carbocycles. The third-order valence-electron chi connectivity index (χ3n) is 2.52. The van der Waals surface area contributed by atoms with Crippen LogP contribution in [0.4, 0.5) is 0 Å². The van der Waals surface area contributed by atoms with Gasteiger partial charge in [0.15, 0.2) is 0 Å². The van der Waals surface area contributed by atoms with Crippen molar-refractivity contribution in [2.24, 2.45) is 0 Å². The van der Waals surface area contributed by atoms with Crippen molar-refractivity contribution in [1.82, 2.24) is 9.55 Å². The molecule has 1 aromatic rings. The summed E-state index contributed by atoms with van der Waals surface area (Å²) in [6, 6.07) is 0. The highest BCUT2D eigenvalue weighted by molar-refractivity contribution is 5.19. The molecule has 0 unspecified atom stereocenters. The molecule has 1 rings (SSSR count). The predicted molar refractivity (Wildman–Crippen MR) is 56.1 cm³/mol. The van der Waals surface area contributed by atoms with Crippen molar-refractivity contribution in [2.45, 2.75) is 53.5 Å². The zero-order valence-corrected chi connectivity index (χ0v) is 9.39. The number of aryl methyl sites for hydroxylation is 1. The van der Waals surface area contributed by atoms with E-state index in [-0.39, 0.29) is 0 Å². The van der Waals surface area contributed by atoms with Gasteiger partial charge in [-0.3, -0.25) is 0 Å². The molecule has 0 spiro atoms. The van der Waals surface area contributed by atoms with Gasteiger partial charge in [-0.05, 0) is 19.8 Å². The molecule has 0 radical (unpaired) electrons. The second-order valence-corrected chi connectivity index (χ2v) is 3.75. The molecule has 0 bridgehead atoms. The van der Waals surface area contributed by atoms with E-state index in [4.69, 9.17) is 0 Å². The molecule has 1 aromatic heterocycles. The van der Waals surface area contributed by atoms with Crippen molar-refractivity contribution < 1.29 is 0 Å². The molecular weight excluding hydrogens is 160 g/mol. The van der Waals surface area contributed by atoms with Crippen LogP contribution in [0.3, 0.4) is 0 Å². The number of aromatic nitrogens is 2. The van der Waals surface area contributed by atoms with Crippen LogP contribution < -0.4 is 0 Å². The molecule has 0 aliphatic carbocycles. The minimum atomic E-state index is 0.540. The summed E-state index contributed by atoms with van der Waals surface area (Å²) in [4.78, 5) is 4.66. The second kappa shape index (κ2) is 3.95. The number of rotatable bonds is 3. The Morgan fingerprint density at radius 2 is 1.92 bits per heavy atom. The Morgan fingerprint density at radius 1 is 1.31 bits per heavy atom. The first kappa shape index (κ1) is 10.3. The van der Waals surface area contributed by atoms with Gasteiger partial charge in [0.1, 0.15) is 5.82 Å². The largest absolute Gasteiger partial charge is 0.332 e. The van der Waals surface area contributed by atoms with Crippen molar-refractivity contribution in [3.8, 4) is 0 Å². The second-order valence-electron chi connectivity index (χ2n) is 3.75. The summed E-state index contributed by atoms with van der Waals surface area (Å²) in [5.74, 6) is 1.77. The SMILES string of the molecule is CCc1nc(C(C)C)c(C)n1CC. The summed E-state index contributed by atoms with van der Waals surface area (Å²) in [5, 5.41) is 0. The molecule has 74 valence electrons. The van der Waals surface area contributed by atoms with E-state index in [1.54, 1.807) is 0 Å². The summed E-state index contributed by atoms with van der Waals surface area (Å²) in [5.41, 5.74) is 2.60. The molecule has 1 heterocycles. The fourth-order valence-corrected chi connectivity index (χ4v) is 1.85. The van der Waals surface area contributed by atoms with Crippen LogP contribution in [0.15, 0.2) is 0 Å². The summed E-state index contributed by atoms with van der Waals surface area (Å²) >= 11 is 0. The van der Waals surface area contributed by atoms with E-state index in [9.17, 15) is 0 Å². The first-order chi connectivity index (χ1) is 6.11. The average Bonchev–Trinajstić information content (AvgIpc) is 2.41. The third-order valence-corrected chi connectivity index (χ3v) is 2.52. The van der Waals surface area contributed by atoms with E-state index in [2.05, 4.69) is 44.2 Å². The molecule has 0 aliphatic rings. The molecule has 0 fully saturated rings. The fourth-order valence-electron chi connectivity index (χ4n) is 1.85. The van der Waals surface area contributed by atoms with Gasteiger partial charge in [0.05, 0.1) is 5.69 Å². The third kappa shape index (κ3) is 1.77. The summed E-state index contributed by atoms with van der Waals surface area (Å²) in [7, 11) is 0. The van der Waals surface area contributed by atoms with Gasteiger partial charge in [0.2, 0.25) is 0 Å². The van der Waals surface area contributed by atoms with Crippen LogP contribution in [-0.2, 0) is 13.0 Å². The van der Waals surface area contributed by atoms with E-state index < -0.39 is 0 Å². The lowest BCUT2D eigenvalue weighted by atomic mass is 10.1. The van der Waals surface area contributed by atoms with Gasteiger partial charge in [-0.15, -0.1) is 0 Å². The van der Waals surface area contributed by atoms with Gasteiger partial charge in [-0.25, -0.2) is 4.98 Å². The normalized spacial score (nSPS) is 11.2. The van der Waals surface area contributed by atoms with Crippen LogP contribution in [0.5, 0.6) is 0 Å². The topological polar surface area (TPSA) is 17.8 Å². The smallest absolute Gasteiger partial charge is 0.108 e. The first-order valence-corrected chi connectivity index (χ1v) is 5.17. The quantitative estimate of drug-likeness (QED) is 0.699. The Hall–Kier alpha value is -0.790. The zero-order valence-electron chi connectivity index (χ0n) is 9.39. The van der Waals surface area contributed by atoms with Crippen LogP contribution in [0.1, 0.15) is 50.8 Å². The zero-order chi connectivity index (χ0) is 10.0. The molecule has 0 atom stereocenters. The van der Waals surface area contributed by atoms with Gasteiger partial charge in [0, 0.05) is 18.7 Å². The minimum Gasteiger partial charge on any atom is -0.332 e. The van der Waals surface area contributed by atoms with Crippen LogP contribution in [0, 0.1) is 6.92 Å². The predicted octanol–water partition coefficient (Wildman–Crippen LogP) is 2.90. The van der Waals surface area contributed by atoms with Crippen molar-refractivity contribution >= 4 is 0 Å². The highest BCUT2D eigenvalue weighted by Gasteiger charge is 2.13. The molecule has 13 heavy (non-hydrogen) atoms. The number of hydrogen-bond acceptors (Lipinski definition) is 1. The number of hydrogen-bond donors (Lipinski definition) is 0. The van der Waals surface area contributed by atoms with E-state index >= 15 is 0 Å². The Kier molecular flexibility index (Phi) is 3.12. The Balaban J connectivity index is 3.18. The van der Waals surface area contributed by atoms with Crippen molar-refractivity contribution in [2.75, 3.05) is 0 Å². The first-order valence-electron chi connectivity index (χ1n) is 5.17. The lowest BCUT2D eigenvalue weighted by Crippen LogP contribution is -2.02. The molecule has 2 nitrogen and oxygen atoms in total. The number of imidazole rings is 1. The van der Waals surface area contributed by atoms with Crippen LogP contribution in [0.25, 0.3) is 0 Å². The fraction of sp³-hybridized carbons (Fsp3) is 0.727. The monoisotopic (exact) mass is 180 g/mol. The molecule has 0 N–H and O–H groups in total. The molecule has 0 saturated carbocycles.